The van der Waals surface area contributed by atoms with Crippen LogP contribution in [0.2, 0.25) is 0 Å². The number of ketones is 1. The summed E-state index contributed by atoms with van der Waals surface area (Å²) < 4.78 is 6.85. The minimum Gasteiger partial charge on any atom is -0.497 e. The van der Waals surface area contributed by atoms with Crippen molar-refractivity contribution in [2.45, 2.75) is 25.5 Å². The second-order valence-corrected chi connectivity index (χ2v) is 7.61. The maximum absolute atomic E-state index is 12.9. The third-order valence-electron chi connectivity index (χ3n) is 4.10. The highest BCUT2D eigenvalue weighted by Crippen LogP contribution is 2.21. The Bertz CT molecular complexity index is 1030. The summed E-state index contributed by atoms with van der Waals surface area (Å²) in [6.07, 6.45) is 0. The van der Waals surface area contributed by atoms with E-state index in [4.69, 9.17) is 4.74 Å². The third-order valence-corrected chi connectivity index (χ3v) is 5.07. The molecule has 0 saturated heterocycles. The van der Waals surface area contributed by atoms with E-state index >= 15 is 0 Å². The van der Waals surface area contributed by atoms with E-state index in [1.807, 2.05) is 18.2 Å². The number of carbonyl (C=O) groups is 1. The molecule has 0 radical (unpaired) electrons. The number of rotatable bonds is 7. The number of methoxy groups -OCH3 is 1. The van der Waals surface area contributed by atoms with Gasteiger partial charge in [-0.05, 0) is 30.2 Å². The van der Waals surface area contributed by atoms with Crippen LogP contribution in [0.4, 0.5) is 0 Å². The van der Waals surface area contributed by atoms with E-state index in [1.165, 1.54) is 11.8 Å². The van der Waals surface area contributed by atoms with Crippen LogP contribution in [-0.2, 0) is 6.54 Å². The summed E-state index contributed by atoms with van der Waals surface area (Å²) in [6, 6.07) is 14.4. The average Bonchev–Trinajstić information content (AvgIpc) is 2.68. The highest BCUT2D eigenvalue weighted by molar-refractivity contribution is 7.99. The van der Waals surface area contributed by atoms with Crippen LogP contribution >= 0.6 is 11.8 Å². The van der Waals surface area contributed by atoms with Gasteiger partial charge in [0, 0.05) is 12.1 Å². The van der Waals surface area contributed by atoms with Crippen LogP contribution in [0.25, 0.3) is 10.9 Å². The summed E-state index contributed by atoms with van der Waals surface area (Å²) in [5.74, 6) is 1.11. The quantitative estimate of drug-likeness (QED) is 0.351. The monoisotopic (exact) mass is 382 g/mol. The molecule has 6 heteroatoms. The molecule has 0 aliphatic carbocycles. The summed E-state index contributed by atoms with van der Waals surface area (Å²) >= 11 is 1.30. The first-order chi connectivity index (χ1) is 13.0. The number of thioether (sulfide) groups is 1. The first-order valence-corrected chi connectivity index (χ1v) is 9.77. The molecule has 0 unspecified atom stereocenters. The van der Waals surface area contributed by atoms with Crippen LogP contribution in [0.1, 0.15) is 24.2 Å². The summed E-state index contributed by atoms with van der Waals surface area (Å²) in [7, 11) is 1.57. The van der Waals surface area contributed by atoms with Crippen molar-refractivity contribution in [3.05, 3.63) is 64.4 Å². The van der Waals surface area contributed by atoms with Crippen molar-refractivity contribution in [2.75, 3.05) is 12.9 Å². The standard InChI is InChI=1S/C21H22N2O3S/c1-14(2)12-23-20(25)17-9-4-5-10-18(17)22-21(23)27-13-19(24)15-7-6-8-16(11-15)26-3/h4-11,14H,12-13H2,1-3H3. The molecule has 0 amide bonds. The Hall–Kier alpha value is -2.60. The summed E-state index contributed by atoms with van der Waals surface area (Å²) in [4.78, 5) is 30.1. The molecule has 1 heterocycles. The minimum atomic E-state index is -0.0642. The van der Waals surface area contributed by atoms with Crippen LogP contribution in [0.3, 0.4) is 0 Å². The number of hydrogen-bond acceptors (Lipinski definition) is 5. The molecule has 0 fully saturated rings. The van der Waals surface area contributed by atoms with Crippen molar-refractivity contribution >= 4 is 28.4 Å². The number of ether oxygens (including phenoxy) is 1. The number of hydrogen-bond donors (Lipinski definition) is 0. The van der Waals surface area contributed by atoms with Gasteiger partial charge in [-0.3, -0.25) is 14.2 Å². The Balaban J connectivity index is 1.91. The Labute approximate surface area is 162 Å². The van der Waals surface area contributed by atoms with E-state index < -0.39 is 0 Å². The Morgan fingerprint density at radius 3 is 2.70 bits per heavy atom. The lowest BCUT2D eigenvalue weighted by atomic mass is 10.1. The molecule has 1 aromatic heterocycles. The van der Waals surface area contributed by atoms with Crippen LogP contribution in [-0.4, -0.2) is 28.2 Å². The van der Waals surface area contributed by atoms with E-state index in [1.54, 1.807) is 42.0 Å². The molecule has 0 aliphatic rings. The topological polar surface area (TPSA) is 61.2 Å². The van der Waals surface area contributed by atoms with Crippen molar-refractivity contribution in [2.24, 2.45) is 5.92 Å². The number of carbonyl (C=O) groups excluding carboxylic acids is 1. The Kier molecular flexibility index (Phi) is 5.96. The van der Waals surface area contributed by atoms with Crippen LogP contribution < -0.4 is 10.3 Å². The molecular weight excluding hydrogens is 360 g/mol. The Morgan fingerprint density at radius 1 is 1.19 bits per heavy atom. The van der Waals surface area contributed by atoms with Crippen molar-refractivity contribution in [1.82, 2.24) is 9.55 Å². The van der Waals surface area contributed by atoms with Gasteiger partial charge in [0.25, 0.3) is 5.56 Å². The van der Waals surface area contributed by atoms with Gasteiger partial charge in [-0.15, -0.1) is 0 Å². The van der Waals surface area contributed by atoms with Gasteiger partial charge in [0.15, 0.2) is 10.9 Å². The summed E-state index contributed by atoms with van der Waals surface area (Å²) in [6.45, 7) is 4.67. The lowest BCUT2D eigenvalue weighted by Gasteiger charge is -2.14. The maximum Gasteiger partial charge on any atom is 0.262 e. The van der Waals surface area contributed by atoms with E-state index in [0.717, 1.165) is 0 Å². The average molecular weight is 382 g/mol. The van der Waals surface area contributed by atoms with E-state index in [2.05, 4.69) is 18.8 Å². The number of fused-ring (bicyclic) bond motifs is 1. The summed E-state index contributed by atoms with van der Waals surface area (Å²) in [5, 5.41) is 1.17. The fourth-order valence-corrected chi connectivity index (χ4v) is 3.70. The summed E-state index contributed by atoms with van der Waals surface area (Å²) in [5.41, 5.74) is 1.17. The van der Waals surface area contributed by atoms with Gasteiger partial charge in [-0.1, -0.05) is 49.9 Å². The molecule has 3 rings (SSSR count). The second-order valence-electron chi connectivity index (χ2n) is 6.66. The Morgan fingerprint density at radius 2 is 1.96 bits per heavy atom. The van der Waals surface area contributed by atoms with Crippen LogP contribution in [0.15, 0.2) is 58.5 Å². The number of Topliss-reactive ketones (excluding diaryl/α,β-unsaturated/α-hetero) is 1. The van der Waals surface area contributed by atoms with Gasteiger partial charge in [0.05, 0.1) is 23.8 Å². The zero-order valence-corrected chi connectivity index (χ0v) is 16.5. The van der Waals surface area contributed by atoms with Crippen molar-refractivity contribution in [3.63, 3.8) is 0 Å². The van der Waals surface area contributed by atoms with Crippen molar-refractivity contribution < 1.29 is 9.53 Å². The molecule has 3 aromatic rings. The third kappa shape index (κ3) is 4.39. The first-order valence-electron chi connectivity index (χ1n) is 8.79. The molecule has 2 aromatic carbocycles. The highest BCUT2D eigenvalue weighted by atomic mass is 32.2. The first kappa shape index (κ1) is 19.2. The molecule has 0 bridgehead atoms. The van der Waals surface area contributed by atoms with E-state index in [0.29, 0.717) is 39.8 Å². The van der Waals surface area contributed by atoms with Gasteiger partial charge < -0.3 is 4.74 Å². The highest BCUT2D eigenvalue weighted by Gasteiger charge is 2.15. The van der Waals surface area contributed by atoms with Crippen LogP contribution in [0, 0.1) is 5.92 Å². The normalized spacial score (nSPS) is 11.1. The SMILES string of the molecule is COc1cccc(C(=O)CSc2nc3ccccc3c(=O)n2CC(C)C)c1. The zero-order valence-electron chi connectivity index (χ0n) is 15.6. The predicted octanol–water partition coefficient (Wildman–Crippen LogP) is 4.04. The van der Waals surface area contributed by atoms with Crippen molar-refractivity contribution in [1.29, 1.82) is 0 Å². The van der Waals surface area contributed by atoms with Crippen molar-refractivity contribution in [3.8, 4) is 5.75 Å². The maximum atomic E-state index is 12.9. The number of aromatic nitrogens is 2. The van der Waals surface area contributed by atoms with Gasteiger partial charge in [-0.2, -0.15) is 0 Å². The van der Waals surface area contributed by atoms with E-state index in [9.17, 15) is 9.59 Å². The molecular formula is C21H22N2O3S. The molecule has 0 N–H and O–H groups in total. The van der Waals surface area contributed by atoms with Gasteiger partial charge in [-0.25, -0.2) is 4.98 Å². The van der Waals surface area contributed by atoms with E-state index in [-0.39, 0.29) is 17.1 Å². The molecule has 27 heavy (non-hydrogen) atoms. The minimum absolute atomic E-state index is 0.0302. The second kappa shape index (κ2) is 8.39. The number of nitrogens with zero attached hydrogens (tertiary/aromatic N) is 2. The zero-order chi connectivity index (χ0) is 19.4. The predicted molar refractivity (Wildman–Crippen MR) is 109 cm³/mol. The van der Waals surface area contributed by atoms with Gasteiger partial charge in [0.2, 0.25) is 0 Å². The fourth-order valence-electron chi connectivity index (χ4n) is 2.79. The van der Waals surface area contributed by atoms with Gasteiger partial charge in [0.1, 0.15) is 5.75 Å². The molecule has 0 atom stereocenters. The largest absolute Gasteiger partial charge is 0.497 e. The lowest BCUT2D eigenvalue weighted by Crippen LogP contribution is -2.25. The molecule has 0 aliphatic heterocycles. The number of benzene rings is 2. The van der Waals surface area contributed by atoms with Crippen LogP contribution in [0.5, 0.6) is 5.75 Å². The molecule has 140 valence electrons. The molecule has 5 nitrogen and oxygen atoms in total. The van der Waals surface area contributed by atoms with Gasteiger partial charge >= 0.3 is 0 Å². The molecule has 0 saturated carbocycles. The lowest BCUT2D eigenvalue weighted by molar-refractivity contribution is 0.102. The fraction of sp³-hybridized carbons (Fsp3) is 0.286. The number of para-hydroxylation sites is 1. The molecule has 0 spiro atoms. The smallest absolute Gasteiger partial charge is 0.262 e.